The molecule has 0 radical (unpaired) electrons. The minimum Gasteiger partial charge on any atom is -0.497 e. The van der Waals surface area contributed by atoms with Gasteiger partial charge < -0.3 is 19.5 Å². The highest BCUT2D eigenvalue weighted by Gasteiger charge is 2.29. The molecule has 2 aromatic rings. The highest BCUT2D eigenvalue weighted by molar-refractivity contribution is 5.95. The van der Waals surface area contributed by atoms with Crippen molar-refractivity contribution in [1.29, 1.82) is 0 Å². The van der Waals surface area contributed by atoms with Crippen LogP contribution in [0.1, 0.15) is 11.6 Å². The van der Waals surface area contributed by atoms with Gasteiger partial charge in [0.25, 0.3) is 0 Å². The van der Waals surface area contributed by atoms with Crippen LogP contribution in [0.4, 0.5) is 5.69 Å². The van der Waals surface area contributed by atoms with E-state index in [1.165, 1.54) is 0 Å². The first kappa shape index (κ1) is 18.2. The molecule has 1 N–H and O–H groups in total. The summed E-state index contributed by atoms with van der Waals surface area (Å²) >= 11 is 0. The van der Waals surface area contributed by atoms with Gasteiger partial charge in [0.2, 0.25) is 5.91 Å². The van der Waals surface area contributed by atoms with E-state index in [4.69, 9.17) is 14.2 Å². The Balaban J connectivity index is 1.81. The minimum atomic E-state index is -0.382. The number of carbonyl (C=O) groups is 1. The molecule has 1 heterocycles. The zero-order valence-electron chi connectivity index (χ0n) is 15.1. The first-order valence-electron chi connectivity index (χ1n) is 8.62. The summed E-state index contributed by atoms with van der Waals surface area (Å²) < 4.78 is 15.8. The lowest BCUT2D eigenvalue weighted by atomic mass is 10.0. The van der Waals surface area contributed by atoms with Crippen LogP contribution in [0.2, 0.25) is 0 Å². The number of hydrogen-bond donors (Lipinski definition) is 1. The third kappa shape index (κ3) is 4.33. The summed E-state index contributed by atoms with van der Waals surface area (Å²) in [6.45, 7) is 2.68. The number of benzene rings is 2. The Bertz CT molecular complexity index is 710. The van der Waals surface area contributed by atoms with Gasteiger partial charge >= 0.3 is 0 Å². The van der Waals surface area contributed by atoms with Crippen LogP contribution in [0.5, 0.6) is 11.5 Å². The lowest BCUT2D eigenvalue weighted by molar-refractivity contribution is -0.123. The molecule has 1 atom stereocenters. The van der Waals surface area contributed by atoms with E-state index in [1.54, 1.807) is 14.2 Å². The molecule has 3 rings (SSSR count). The zero-order valence-corrected chi connectivity index (χ0v) is 15.1. The van der Waals surface area contributed by atoms with Gasteiger partial charge in [-0.15, -0.1) is 0 Å². The Morgan fingerprint density at radius 2 is 1.50 bits per heavy atom. The summed E-state index contributed by atoms with van der Waals surface area (Å²) in [5.41, 5.74) is 1.67. The summed E-state index contributed by atoms with van der Waals surface area (Å²) in [4.78, 5) is 15.2. The van der Waals surface area contributed by atoms with Gasteiger partial charge in [-0.1, -0.05) is 12.1 Å². The first-order chi connectivity index (χ1) is 12.7. The van der Waals surface area contributed by atoms with Crippen molar-refractivity contribution >= 4 is 11.6 Å². The number of rotatable bonds is 6. The summed E-state index contributed by atoms with van der Waals surface area (Å²) in [5.74, 6) is 1.45. The van der Waals surface area contributed by atoms with Gasteiger partial charge in [-0.25, -0.2) is 0 Å². The maximum absolute atomic E-state index is 13.1. The van der Waals surface area contributed by atoms with E-state index < -0.39 is 0 Å². The molecule has 0 spiro atoms. The number of carbonyl (C=O) groups excluding carboxylic acids is 1. The van der Waals surface area contributed by atoms with Crippen molar-refractivity contribution in [2.45, 2.75) is 6.04 Å². The first-order valence-corrected chi connectivity index (χ1v) is 8.62. The molecule has 0 bridgehead atoms. The second-order valence-corrected chi connectivity index (χ2v) is 6.04. The second-order valence-electron chi connectivity index (χ2n) is 6.04. The monoisotopic (exact) mass is 356 g/mol. The molecule has 0 aliphatic carbocycles. The Labute approximate surface area is 153 Å². The van der Waals surface area contributed by atoms with Crippen LogP contribution < -0.4 is 14.8 Å². The fraction of sp³-hybridized carbons (Fsp3) is 0.350. The third-order valence-electron chi connectivity index (χ3n) is 4.45. The van der Waals surface area contributed by atoms with E-state index in [2.05, 4.69) is 10.2 Å². The molecule has 6 heteroatoms. The lowest BCUT2D eigenvalue weighted by Gasteiger charge is -2.33. The average molecular weight is 356 g/mol. The number of anilines is 1. The van der Waals surface area contributed by atoms with E-state index in [0.29, 0.717) is 26.3 Å². The van der Waals surface area contributed by atoms with Gasteiger partial charge in [0, 0.05) is 18.8 Å². The van der Waals surface area contributed by atoms with Crippen LogP contribution in [0.3, 0.4) is 0 Å². The molecule has 1 unspecified atom stereocenters. The van der Waals surface area contributed by atoms with Crippen molar-refractivity contribution < 1.29 is 19.0 Å². The predicted molar refractivity (Wildman–Crippen MR) is 99.8 cm³/mol. The maximum atomic E-state index is 13.1. The van der Waals surface area contributed by atoms with Crippen LogP contribution in [-0.2, 0) is 9.53 Å². The third-order valence-corrected chi connectivity index (χ3v) is 4.45. The van der Waals surface area contributed by atoms with Crippen LogP contribution in [0.25, 0.3) is 0 Å². The number of nitrogens with zero attached hydrogens (tertiary/aromatic N) is 1. The molecular weight excluding hydrogens is 332 g/mol. The summed E-state index contributed by atoms with van der Waals surface area (Å²) in [6.07, 6.45) is 0. The van der Waals surface area contributed by atoms with Gasteiger partial charge in [-0.2, -0.15) is 0 Å². The molecule has 1 aliphatic rings. The largest absolute Gasteiger partial charge is 0.497 e. The molecule has 6 nitrogen and oxygen atoms in total. The smallest absolute Gasteiger partial charge is 0.246 e. The van der Waals surface area contributed by atoms with Gasteiger partial charge in [-0.05, 0) is 42.0 Å². The van der Waals surface area contributed by atoms with E-state index in [-0.39, 0.29) is 11.9 Å². The fourth-order valence-electron chi connectivity index (χ4n) is 3.03. The molecule has 2 aromatic carbocycles. The van der Waals surface area contributed by atoms with Gasteiger partial charge in [0.15, 0.2) is 0 Å². The molecule has 1 amide bonds. The van der Waals surface area contributed by atoms with Crippen molar-refractivity contribution in [3.05, 3.63) is 54.1 Å². The van der Waals surface area contributed by atoms with Crippen molar-refractivity contribution in [2.24, 2.45) is 0 Å². The zero-order chi connectivity index (χ0) is 18.4. The second kappa shape index (κ2) is 8.69. The van der Waals surface area contributed by atoms with Crippen LogP contribution in [-0.4, -0.2) is 51.3 Å². The van der Waals surface area contributed by atoms with Gasteiger partial charge in [0.05, 0.1) is 27.4 Å². The molecule has 0 aromatic heterocycles. The van der Waals surface area contributed by atoms with Gasteiger partial charge in [0.1, 0.15) is 17.5 Å². The number of nitrogens with one attached hydrogen (secondary N) is 1. The van der Waals surface area contributed by atoms with Crippen LogP contribution >= 0.6 is 0 Å². The highest BCUT2D eigenvalue weighted by Crippen LogP contribution is 2.26. The molecule has 138 valence electrons. The maximum Gasteiger partial charge on any atom is 0.246 e. The quantitative estimate of drug-likeness (QED) is 0.862. The van der Waals surface area contributed by atoms with Crippen molar-refractivity contribution in [1.82, 2.24) is 4.90 Å². The van der Waals surface area contributed by atoms with Gasteiger partial charge in [-0.3, -0.25) is 9.69 Å². The molecule has 26 heavy (non-hydrogen) atoms. The van der Waals surface area contributed by atoms with E-state index in [1.807, 2.05) is 48.5 Å². The lowest BCUT2D eigenvalue weighted by Crippen LogP contribution is -2.43. The standard InChI is InChI=1S/C20H24N2O4/c1-24-17-7-3-15(4-8-17)19(22-11-13-26-14-12-22)20(23)21-16-5-9-18(25-2)10-6-16/h3-10,19H,11-14H2,1-2H3,(H,21,23). The van der Waals surface area contributed by atoms with Crippen molar-refractivity contribution in [3.8, 4) is 11.5 Å². The number of morpholine rings is 1. The molecule has 1 aliphatic heterocycles. The molecule has 0 saturated carbocycles. The highest BCUT2D eigenvalue weighted by atomic mass is 16.5. The minimum absolute atomic E-state index is 0.0674. The van der Waals surface area contributed by atoms with Crippen molar-refractivity contribution in [3.63, 3.8) is 0 Å². The topological polar surface area (TPSA) is 60.0 Å². The molecule has 1 saturated heterocycles. The molecule has 1 fully saturated rings. The normalized spacial score (nSPS) is 15.9. The number of amides is 1. The fourth-order valence-corrected chi connectivity index (χ4v) is 3.03. The Hall–Kier alpha value is -2.57. The van der Waals surface area contributed by atoms with Crippen molar-refractivity contribution in [2.75, 3.05) is 45.8 Å². The average Bonchev–Trinajstić information content (AvgIpc) is 2.70. The van der Waals surface area contributed by atoms with Crippen LogP contribution in [0, 0.1) is 0 Å². The predicted octanol–water partition coefficient (Wildman–Crippen LogP) is 2.72. The summed E-state index contributed by atoms with van der Waals surface area (Å²) in [6, 6.07) is 14.6. The summed E-state index contributed by atoms with van der Waals surface area (Å²) in [5, 5.41) is 3.01. The summed E-state index contributed by atoms with van der Waals surface area (Å²) in [7, 11) is 3.25. The molecular formula is C20H24N2O4. The SMILES string of the molecule is COc1ccc(NC(=O)C(c2ccc(OC)cc2)N2CCOCC2)cc1. The number of ether oxygens (including phenoxy) is 3. The number of methoxy groups -OCH3 is 2. The Kier molecular flexibility index (Phi) is 6.09. The Morgan fingerprint density at radius 1 is 0.962 bits per heavy atom. The Morgan fingerprint density at radius 3 is 2.04 bits per heavy atom. The number of hydrogen-bond acceptors (Lipinski definition) is 5. The van der Waals surface area contributed by atoms with E-state index >= 15 is 0 Å². The van der Waals surface area contributed by atoms with E-state index in [0.717, 1.165) is 22.7 Å². The van der Waals surface area contributed by atoms with E-state index in [9.17, 15) is 4.79 Å². The van der Waals surface area contributed by atoms with Crippen LogP contribution in [0.15, 0.2) is 48.5 Å².